The normalized spacial score (nSPS) is 19.2. The maximum Gasteiger partial charge on any atom is 0.247 e. The first kappa shape index (κ1) is 12.6. The van der Waals surface area contributed by atoms with Gasteiger partial charge in [-0.1, -0.05) is 19.1 Å². The van der Waals surface area contributed by atoms with E-state index in [9.17, 15) is 9.59 Å². The van der Waals surface area contributed by atoms with Crippen molar-refractivity contribution >= 4 is 28.3 Å². The lowest BCUT2D eigenvalue weighted by atomic mass is 10.0. The Labute approximate surface area is 116 Å². The number of rotatable bonds is 2. The first-order valence-corrected chi connectivity index (χ1v) is 6.65. The van der Waals surface area contributed by atoms with Crippen LogP contribution in [0.25, 0.3) is 10.8 Å². The number of carbonyl (C=O) groups is 2. The standard InChI is InChI=1S/C15H15N3O2/c1-2-12-15(20)17-9-14(19)18(12)13-5-3-4-10-8-16-7-6-11(10)13/h3-8,12H,2,9H2,1H3,(H,17,20). The molecular weight excluding hydrogens is 254 g/mol. The van der Waals surface area contributed by atoms with Gasteiger partial charge in [0.2, 0.25) is 11.8 Å². The van der Waals surface area contributed by atoms with Gasteiger partial charge in [-0.15, -0.1) is 0 Å². The molecule has 3 rings (SSSR count). The number of benzene rings is 1. The van der Waals surface area contributed by atoms with Gasteiger partial charge in [0, 0.05) is 23.2 Å². The number of nitrogens with zero attached hydrogens (tertiary/aromatic N) is 2. The minimum atomic E-state index is -0.449. The van der Waals surface area contributed by atoms with Crippen LogP contribution in [-0.4, -0.2) is 29.4 Å². The molecule has 20 heavy (non-hydrogen) atoms. The SMILES string of the molecule is CCC1C(=O)NCC(=O)N1c1cccc2cnccc12. The average molecular weight is 269 g/mol. The van der Waals surface area contributed by atoms with E-state index in [1.54, 1.807) is 17.3 Å². The summed E-state index contributed by atoms with van der Waals surface area (Å²) in [6.07, 6.45) is 4.04. The second-order valence-electron chi connectivity index (χ2n) is 4.78. The van der Waals surface area contributed by atoms with Gasteiger partial charge in [0.05, 0.1) is 12.2 Å². The Morgan fingerprint density at radius 2 is 2.20 bits per heavy atom. The Morgan fingerprint density at radius 1 is 1.35 bits per heavy atom. The Morgan fingerprint density at radius 3 is 3.00 bits per heavy atom. The van der Waals surface area contributed by atoms with Gasteiger partial charge in [0.25, 0.3) is 0 Å². The highest BCUT2D eigenvalue weighted by atomic mass is 16.2. The number of carbonyl (C=O) groups excluding carboxylic acids is 2. The quantitative estimate of drug-likeness (QED) is 0.898. The van der Waals surface area contributed by atoms with Gasteiger partial charge >= 0.3 is 0 Å². The summed E-state index contributed by atoms with van der Waals surface area (Å²) in [5, 5.41) is 4.53. The molecule has 2 heterocycles. The fourth-order valence-corrected chi connectivity index (χ4v) is 2.64. The Hall–Kier alpha value is -2.43. The molecule has 102 valence electrons. The van der Waals surface area contributed by atoms with Crippen LogP contribution in [0.15, 0.2) is 36.7 Å². The summed E-state index contributed by atoms with van der Waals surface area (Å²) in [4.78, 5) is 29.9. The Kier molecular flexibility index (Phi) is 3.10. The molecule has 1 N–H and O–H groups in total. The van der Waals surface area contributed by atoms with E-state index in [0.717, 1.165) is 16.5 Å². The molecule has 1 fully saturated rings. The third-order valence-electron chi connectivity index (χ3n) is 3.60. The summed E-state index contributed by atoms with van der Waals surface area (Å²) in [6, 6.07) is 7.13. The number of hydrogen-bond acceptors (Lipinski definition) is 3. The number of fused-ring (bicyclic) bond motifs is 1. The second-order valence-corrected chi connectivity index (χ2v) is 4.78. The monoisotopic (exact) mass is 269 g/mol. The van der Waals surface area contributed by atoms with Gasteiger partial charge in [-0.25, -0.2) is 0 Å². The predicted molar refractivity (Wildman–Crippen MR) is 76.3 cm³/mol. The zero-order valence-electron chi connectivity index (χ0n) is 11.2. The highest BCUT2D eigenvalue weighted by molar-refractivity contribution is 6.11. The van der Waals surface area contributed by atoms with Gasteiger partial charge in [0.1, 0.15) is 6.04 Å². The number of anilines is 1. The lowest BCUT2D eigenvalue weighted by molar-refractivity contribution is -0.131. The first-order chi connectivity index (χ1) is 9.72. The lowest BCUT2D eigenvalue weighted by Crippen LogP contribution is -2.58. The average Bonchev–Trinajstić information content (AvgIpc) is 2.49. The molecule has 1 saturated heterocycles. The van der Waals surface area contributed by atoms with Crippen LogP contribution >= 0.6 is 0 Å². The maximum atomic E-state index is 12.2. The minimum absolute atomic E-state index is 0.0524. The van der Waals surface area contributed by atoms with Gasteiger partial charge < -0.3 is 5.32 Å². The number of amides is 2. The highest BCUT2D eigenvalue weighted by Gasteiger charge is 2.34. The predicted octanol–water partition coefficient (Wildman–Crippen LogP) is 1.48. The van der Waals surface area contributed by atoms with Crippen molar-refractivity contribution in [2.75, 3.05) is 11.4 Å². The molecule has 1 unspecified atom stereocenters. The molecule has 1 aromatic carbocycles. The summed E-state index contributed by atoms with van der Waals surface area (Å²) in [5.41, 5.74) is 0.775. The topological polar surface area (TPSA) is 62.3 Å². The van der Waals surface area contributed by atoms with E-state index < -0.39 is 6.04 Å². The van der Waals surface area contributed by atoms with Crippen molar-refractivity contribution in [3.8, 4) is 0 Å². The molecular formula is C15H15N3O2. The summed E-state index contributed by atoms with van der Waals surface area (Å²) >= 11 is 0. The maximum absolute atomic E-state index is 12.2. The fraction of sp³-hybridized carbons (Fsp3) is 0.267. The molecule has 0 saturated carbocycles. The van der Waals surface area contributed by atoms with Crippen LogP contribution in [0.2, 0.25) is 0 Å². The largest absolute Gasteiger partial charge is 0.345 e. The van der Waals surface area contributed by atoms with Crippen molar-refractivity contribution in [3.05, 3.63) is 36.7 Å². The van der Waals surface area contributed by atoms with Crippen LogP contribution in [0.4, 0.5) is 5.69 Å². The van der Waals surface area contributed by atoms with Gasteiger partial charge in [-0.2, -0.15) is 0 Å². The summed E-state index contributed by atoms with van der Waals surface area (Å²) in [7, 11) is 0. The van der Waals surface area contributed by atoms with Crippen LogP contribution in [-0.2, 0) is 9.59 Å². The lowest BCUT2D eigenvalue weighted by Gasteiger charge is -2.35. The third-order valence-corrected chi connectivity index (χ3v) is 3.60. The highest BCUT2D eigenvalue weighted by Crippen LogP contribution is 2.29. The fourth-order valence-electron chi connectivity index (χ4n) is 2.64. The van der Waals surface area contributed by atoms with Crippen molar-refractivity contribution in [1.82, 2.24) is 10.3 Å². The Balaban J connectivity index is 2.17. The van der Waals surface area contributed by atoms with E-state index >= 15 is 0 Å². The van der Waals surface area contributed by atoms with Crippen LogP contribution in [0.3, 0.4) is 0 Å². The summed E-state index contributed by atoms with van der Waals surface area (Å²) < 4.78 is 0. The van der Waals surface area contributed by atoms with E-state index in [0.29, 0.717) is 6.42 Å². The van der Waals surface area contributed by atoms with Crippen LogP contribution in [0.5, 0.6) is 0 Å². The van der Waals surface area contributed by atoms with Crippen molar-refractivity contribution in [2.24, 2.45) is 0 Å². The van der Waals surface area contributed by atoms with Crippen LogP contribution in [0.1, 0.15) is 13.3 Å². The molecule has 0 bridgehead atoms. The Bertz CT molecular complexity index is 678. The molecule has 2 amide bonds. The number of aromatic nitrogens is 1. The van der Waals surface area contributed by atoms with E-state index in [-0.39, 0.29) is 18.4 Å². The number of piperazine rings is 1. The van der Waals surface area contributed by atoms with E-state index in [1.807, 2.05) is 31.2 Å². The van der Waals surface area contributed by atoms with E-state index in [4.69, 9.17) is 0 Å². The minimum Gasteiger partial charge on any atom is -0.345 e. The van der Waals surface area contributed by atoms with Crippen molar-refractivity contribution < 1.29 is 9.59 Å². The molecule has 1 atom stereocenters. The zero-order valence-corrected chi connectivity index (χ0v) is 11.2. The zero-order chi connectivity index (χ0) is 14.1. The van der Waals surface area contributed by atoms with Crippen LogP contribution < -0.4 is 10.2 Å². The molecule has 0 radical (unpaired) electrons. The number of nitrogens with one attached hydrogen (secondary N) is 1. The molecule has 5 heteroatoms. The molecule has 1 aromatic heterocycles. The third kappa shape index (κ3) is 1.91. The first-order valence-electron chi connectivity index (χ1n) is 6.65. The molecule has 5 nitrogen and oxygen atoms in total. The number of hydrogen-bond donors (Lipinski definition) is 1. The molecule has 0 aliphatic carbocycles. The number of pyridine rings is 1. The second kappa shape index (κ2) is 4.92. The summed E-state index contributed by atoms with van der Waals surface area (Å²) in [6.45, 7) is 1.96. The van der Waals surface area contributed by atoms with Crippen molar-refractivity contribution in [2.45, 2.75) is 19.4 Å². The van der Waals surface area contributed by atoms with E-state index in [1.165, 1.54) is 0 Å². The molecule has 2 aromatic rings. The molecule has 1 aliphatic rings. The van der Waals surface area contributed by atoms with Crippen molar-refractivity contribution in [3.63, 3.8) is 0 Å². The van der Waals surface area contributed by atoms with Gasteiger partial charge in [-0.05, 0) is 18.6 Å². The van der Waals surface area contributed by atoms with Crippen molar-refractivity contribution in [1.29, 1.82) is 0 Å². The molecule has 0 spiro atoms. The summed E-state index contributed by atoms with van der Waals surface area (Å²) in [5.74, 6) is -0.182. The van der Waals surface area contributed by atoms with E-state index in [2.05, 4.69) is 10.3 Å². The van der Waals surface area contributed by atoms with Gasteiger partial charge in [-0.3, -0.25) is 19.5 Å². The van der Waals surface area contributed by atoms with Crippen LogP contribution in [0, 0.1) is 0 Å². The smallest absolute Gasteiger partial charge is 0.247 e. The van der Waals surface area contributed by atoms with Gasteiger partial charge in [0.15, 0.2) is 0 Å². The molecule has 1 aliphatic heterocycles.